The molecule has 0 spiro atoms. The van der Waals surface area contributed by atoms with E-state index in [1.807, 2.05) is 19.1 Å². The molecule has 0 heterocycles. The van der Waals surface area contributed by atoms with E-state index in [2.05, 4.69) is 5.32 Å². The smallest absolute Gasteiger partial charge is 0.224 e. The van der Waals surface area contributed by atoms with Crippen molar-refractivity contribution in [1.82, 2.24) is 5.32 Å². The number of amides is 1. The third-order valence-corrected chi connectivity index (χ3v) is 3.74. The molecule has 0 bridgehead atoms. The highest BCUT2D eigenvalue weighted by atomic mass is 35.5. The van der Waals surface area contributed by atoms with E-state index in [1.165, 1.54) is 0 Å². The second-order valence-corrected chi connectivity index (χ2v) is 5.15. The van der Waals surface area contributed by atoms with Crippen LogP contribution in [0.15, 0.2) is 24.3 Å². The van der Waals surface area contributed by atoms with Gasteiger partial charge in [-0.25, -0.2) is 0 Å². The maximum atomic E-state index is 11.8. The molecule has 1 rings (SSSR count). The Kier molecular flexibility index (Phi) is 5.57. The lowest BCUT2D eigenvalue weighted by Gasteiger charge is -2.25. The summed E-state index contributed by atoms with van der Waals surface area (Å²) in [7, 11) is 0. The summed E-state index contributed by atoms with van der Waals surface area (Å²) in [5, 5.41) is 3.47. The van der Waals surface area contributed by atoms with E-state index < -0.39 is 5.54 Å². The Bertz CT molecular complexity index is 374. The molecule has 0 saturated carbocycles. The first kappa shape index (κ1) is 14.6. The Morgan fingerprint density at radius 3 is 2.24 bits per heavy atom. The van der Waals surface area contributed by atoms with Crippen molar-refractivity contribution < 1.29 is 4.79 Å². The number of nitrogens with one attached hydrogen (secondary N) is 1. The lowest BCUT2D eigenvalue weighted by atomic mass is 10.1. The molecule has 94 valence electrons. The van der Waals surface area contributed by atoms with Gasteiger partial charge in [0, 0.05) is 16.8 Å². The van der Waals surface area contributed by atoms with E-state index in [0.717, 1.165) is 5.56 Å². The predicted octanol–water partition coefficient (Wildman–Crippen LogP) is 3.24. The molecule has 17 heavy (non-hydrogen) atoms. The van der Waals surface area contributed by atoms with Gasteiger partial charge in [0.1, 0.15) is 0 Å². The fourth-order valence-corrected chi connectivity index (χ4v) is 1.82. The number of carbonyl (C=O) groups excluding carboxylic acids is 1. The molecule has 0 aromatic heterocycles. The summed E-state index contributed by atoms with van der Waals surface area (Å²) < 4.78 is 0. The molecule has 0 saturated heterocycles. The summed E-state index contributed by atoms with van der Waals surface area (Å²) in [5.41, 5.74) is 0.338. The molecule has 1 amide bonds. The number of hydrogen-bond acceptors (Lipinski definition) is 1. The topological polar surface area (TPSA) is 29.1 Å². The third kappa shape index (κ3) is 4.74. The van der Waals surface area contributed by atoms with Crippen molar-refractivity contribution in [2.75, 3.05) is 11.8 Å². The minimum atomic E-state index is -0.563. The summed E-state index contributed by atoms with van der Waals surface area (Å²) in [6, 6.07) is 7.15. The standard InChI is InChI=1S/C12H14Cl3NO/c1-12(7-13,8-14)16-11(17)6-9-2-4-10(15)5-3-9/h2-5H,6-8H2,1H3,(H,16,17). The van der Waals surface area contributed by atoms with Crippen molar-refractivity contribution >= 4 is 40.7 Å². The van der Waals surface area contributed by atoms with E-state index in [4.69, 9.17) is 34.8 Å². The summed E-state index contributed by atoms with van der Waals surface area (Å²) in [6.07, 6.45) is 0.292. The molecule has 0 radical (unpaired) electrons. The van der Waals surface area contributed by atoms with Crippen molar-refractivity contribution in [2.45, 2.75) is 18.9 Å². The molecule has 0 atom stereocenters. The number of benzene rings is 1. The van der Waals surface area contributed by atoms with E-state index in [1.54, 1.807) is 12.1 Å². The highest BCUT2D eigenvalue weighted by Gasteiger charge is 2.24. The van der Waals surface area contributed by atoms with Crippen molar-refractivity contribution in [3.05, 3.63) is 34.9 Å². The molecule has 1 aromatic rings. The first-order chi connectivity index (χ1) is 7.99. The molecule has 1 aromatic carbocycles. The van der Waals surface area contributed by atoms with Crippen LogP contribution in [0, 0.1) is 0 Å². The van der Waals surface area contributed by atoms with Crippen LogP contribution in [0.2, 0.25) is 5.02 Å². The van der Waals surface area contributed by atoms with Gasteiger partial charge in [0.15, 0.2) is 0 Å². The van der Waals surface area contributed by atoms with Crippen molar-refractivity contribution in [1.29, 1.82) is 0 Å². The van der Waals surface area contributed by atoms with E-state index in [9.17, 15) is 4.79 Å². The lowest BCUT2D eigenvalue weighted by Crippen LogP contribution is -2.49. The summed E-state index contributed by atoms with van der Waals surface area (Å²) in [6.45, 7) is 1.81. The minimum Gasteiger partial charge on any atom is -0.348 e. The minimum absolute atomic E-state index is 0.101. The third-order valence-electron chi connectivity index (χ3n) is 2.31. The molecule has 1 N–H and O–H groups in total. The van der Waals surface area contributed by atoms with Crippen LogP contribution in [-0.4, -0.2) is 23.2 Å². The predicted molar refractivity (Wildman–Crippen MR) is 73.1 cm³/mol. The van der Waals surface area contributed by atoms with Gasteiger partial charge in [0.2, 0.25) is 5.91 Å². The van der Waals surface area contributed by atoms with Crippen LogP contribution in [0.5, 0.6) is 0 Å². The lowest BCUT2D eigenvalue weighted by molar-refractivity contribution is -0.121. The summed E-state index contributed by atoms with van der Waals surface area (Å²) >= 11 is 17.3. The average Bonchev–Trinajstić information content (AvgIpc) is 2.32. The van der Waals surface area contributed by atoms with Gasteiger partial charge in [0.05, 0.1) is 12.0 Å². The Morgan fingerprint density at radius 1 is 1.24 bits per heavy atom. The first-order valence-corrected chi connectivity index (χ1v) is 6.61. The van der Waals surface area contributed by atoms with Crippen LogP contribution in [0.4, 0.5) is 0 Å². The van der Waals surface area contributed by atoms with Gasteiger partial charge in [-0.15, -0.1) is 23.2 Å². The number of hydrogen-bond donors (Lipinski definition) is 1. The van der Waals surface area contributed by atoms with E-state index in [-0.39, 0.29) is 17.7 Å². The van der Waals surface area contributed by atoms with Gasteiger partial charge in [-0.2, -0.15) is 0 Å². The molecule has 5 heteroatoms. The van der Waals surface area contributed by atoms with Gasteiger partial charge in [-0.1, -0.05) is 23.7 Å². The van der Waals surface area contributed by atoms with Gasteiger partial charge in [-0.3, -0.25) is 4.79 Å². The highest BCUT2D eigenvalue weighted by Crippen LogP contribution is 2.12. The first-order valence-electron chi connectivity index (χ1n) is 5.16. The second kappa shape index (κ2) is 6.48. The zero-order valence-electron chi connectivity index (χ0n) is 9.47. The molecule has 0 aliphatic rings. The molecule has 0 aliphatic heterocycles. The monoisotopic (exact) mass is 293 g/mol. The Balaban J connectivity index is 2.58. The Hall–Kier alpha value is -0.440. The zero-order chi connectivity index (χ0) is 12.9. The average molecular weight is 295 g/mol. The van der Waals surface area contributed by atoms with Gasteiger partial charge in [-0.05, 0) is 24.6 Å². The molecule has 0 unspecified atom stereocenters. The molecule has 0 aliphatic carbocycles. The quantitative estimate of drug-likeness (QED) is 0.830. The van der Waals surface area contributed by atoms with Gasteiger partial charge >= 0.3 is 0 Å². The molecule has 2 nitrogen and oxygen atoms in total. The van der Waals surface area contributed by atoms with Crippen molar-refractivity contribution in [3.8, 4) is 0 Å². The number of alkyl halides is 2. The summed E-state index contributed by atoms with van der Waals surface area (Å²) in [4.78, 5) is 11.8. The fourth-order valence-electron chi connectivity index (χ4n) is 1.27. The van der Waals surface area contributed by atoms with Gasteiger partial charge in [0.25, 0.3) is 0 Å². The number of carbonyl (C=O) groups is 1. The highest BCUT2D eigenvalue weighted by molar-refractivity contribution is 6.30. The van der Waals surface area contributed by atoms with Crippen LogP contribution < -0.4 is 5.32 Å². The second-order valence-electron chi connectivity index (χ2n) is 4.18. The van der Waals surface area contributed by atoms with Crippen LogP contribution in [0.25, 0.3) is 0 Å². The number of rotatable bonds is 5. The largest absolute Gasteiger partial charge is 0.348 e. The van der Waals surface area contributed by atoms with E-state index in [0.29, 0.717) is 11.4 Å². The van der Waals surface area contributed by atoms with Gasteiger partial charge < -0.3 is 5.32 Å². The molecular weight excluding hydrogens is 280 g/mol. The normalized spacial score (nSPS) is 11.3. The SMILES string of the molecule is CC(CCl)(CCl)NC(=O)Cc1ccc(Cl)cc1. The van der Waals surface area contributed by atoms with Crippen LogP contribution in [0.3, 0.4) is 0 Å². The van der Waals surface area contributed by atoms with E-state index >= 15 is 0 Å². The van der Waals surface area contributed by atoms with Crippen molar-refractivity contribution in [3.63, 3.8) is 0 Å². The summed E-state index contributed by atoms with van der Waals surface area (Å²) in [5.74, 6) is 0.460. The maximum absolute atomic E-state index is 11.8. The number of halogens is 3. The molecular formula is C12H14Cl3NO. The van der Waals surface area contributed by atoms with Crippen LogP contribution in [-0.2, 0) is 11.2 Å². The zero-order valence-corrected chi connectivity index (χ0v) is 11.7. The van der Waals surface area contributed by atoms with Crippen LogP contribution in [0.1, 0.15) is 12.5 Å². The Morgan fingerprint density at radius 2 is 1.76 bits per heavy atom. The Labute approximate surface area is 116 Å². The van der Waals surface area contributed by atoms with Crippen LogP contribution >= 0.6 is 34.8 Å². The maximum Gasteiger partial charge on any atom is 0.224 e. The fraction of sp³-hybridized carbons (Fsp3) is 0.417. The van der Waals surface area contributed by atoms with Crippen molar-refractivity contribution in [2.24, 2.45) is 0 Å². The molecule has 0 fully saturated rings.